The molecule has 218 valence electrons. The van der Waals surface area contributed by atoms with Crippen LogP contribution in [0, 0.1) is 0 Å². The normalized spacial score (nSPS) is 12.1. The van der Waals surface area contributed by atoms with E-state index in [2.05, 4.69) is 58.2 Å². The number of methoxy groups -OCH3 is 1. The summed E-state index contributed by atoms with van der Waals surface area (Å²) in [6.45, 7) is 2.75. The van der Waals surface area contributed by atoms with Gasteiger partial charge in [-0.2, -0.15) is 0 Å². The number of imidazole rings is 1. The average molecular weight is 609 g/mol. The fourth-order valence-corrected chi connectivity index (χ4v) is 6.41. The molecule has 0 saturated carbocycles. The highest BCUT2D eigenvalue weighted by Gasteiger charge is 2.25. The van der Waals surface area contributed by atoms with Crippen LogP contribution in [0.1, 0.15) is 46.7 Å². The summed E-state index contributed by atoms with van der Waals surface area (Å²) in [5.74, 6) is 2.36. The molecule has 2 aromatic heterocycles. The summed E-state index contributed by atoms with van der Waals surface area (Å²) in [7, 11) is 1.61. The first-order valence-electron chi connectivity index (χ1n) is 14.4. The minimum atomic E-state index is -0.410. The minimum absolute atomic E-state index is 0.173. The lowest BCUT2D eigenvalue weighted by Gasteiger charge is -2.21. The zero-order chi connectivity index (χ0) is 29.8. The highest BCUT2D eigenvalue weighted by Crippen LogP contribution is 2.31. The van der Waals surface area contributed by atoms with Gasteiger partial charge in [0.1, 0.15) is 11.6 Å². The molecule has 6 aromatic rings. The number of fused-ring (bicyclic) bond motifs is 2. The van der Waals surface area contributed by atoms with E-state index >= 15 is 0 Å². The molecule has 0 aliphatic heterocycles. The van der Waals surface area contributed by atoms with Crippen molar-refractivity contribution in [1.29, 1.82) is 0 Å². The van der Waals surface area contributed by atoms with Crippen LogP contribution in [0.15, 0.2) is 102 Å². The van der Waals surface area contributed by atoms with Gasteiger partial charge in [-0.05, 0) is 84.0 Å². The largest absolute Gasteiger partial charge is 0.497 e. The van der Waals surface area contributed by atoms with Crippen LogP contribution >= 0.6 is 23.4 Å². The van der Waals surface area contributed by atoms with Crippen LogP contribution in [0.3, 0.4) is 0 Å². The Morgan fingerprint density at radius 2 is 1.88 bits per heavy atom. The van der Waals surface area contributed by atoms with Crippen LogP contribution in [-0.4, -0.2) is 33.3 Å². The van der Waals surface area contributed by atoms with Crippen LogP contribution in [0.5, 0.6) is 5.75 Å². The highest BCUT2D eigenvalue weighted by atomic mass is 35.5. The number of ether oxygens (including phenoxy) is 1. The Bertz CT molecular complexity index is 1880. The van der Waals surface area contributed by atoms with Crippen LogP contribution in [0.25, 0.3) is 21.9 Å². The van der Waals surface area contributed by atoms with Crippen molar-refractivity contribution in [2.75, 3.05) is 12.9 Å². The van der Waals surface area contributed by atoms with E-state index in [1.54, 1.807) is 31.4 Å². The molecule has 1 unspecified atom stereocenters. The molecule has 1 amide bonds. The molecule has 0 aliphatic rings. The molecule has 6 rings (SSSR count). The second-order valence-electron chi connectivity index (χ2n) is 10.5. The summed E-state index contributed by atoms with van der Waals surface area (Å²) in [4.78, 5) is 23.5. The Hall–Kier alpha value is -4.20. The Balaban J connectivity index is 1.46. The monoisotopic (exact) mass is 608 g/mol. The molecule has 0 bridgehead atoms. The van der Waals surface area contributed by atoms with Gasteiger partial charge in [0.25, 0.3) is 5.91 Å². The van der Waals surface area contributed by atoms with Gasteiger partial charge in [-0.1, -0.05) is 48.9 Å². The zero-order valence-corrected chi connectivity index (χ0v) is 25.7. The maximum absolute atomic E-state index is 13.7. The summed E-state index contributed by atoms with van der Waals surface area (Å²) in [5.41, 5.74) is 5.70. The van der Waals surface area contributed by atoms with Crippen molar-refractivity contribution in [3.63, 3.8) is 0 Å². The van der Waals surface area contributed by atoms with Gasteiger partial charge >= 0.3 is 0 Å². The number of hydrogen-bond acceptors (Lipinski definition) is 4. The van der Waals surface area contributed by atoms with Crippen molar-refractivity contribution >= 4 is 51.2 Å². The molecule has 1 atom stereocenters. The van der Waals surface area contributed by atoms with Crippen molar-refractivity contribution in [3.05, 3.63) is 125 Å². The summed E-state index contributed by atoms with van der Waals surface area (Å²) >= 11 is 8.22. The van der Waals surface area contributed by atoms with E-state index in [1.165, 1.54) is 4.90 Å². The number of carbonyl (C=O) groups is 1. The molecule has 0 spiro atoms. The lowest BCUT2D eigenvalue weighted by atomic mass is 10.0. The van der Waals surface area contributed by atoms with Crippen LogP contribution in [0.4, 0.5) is 0 Å². The quantitative estimate of drug-likeness (QED) is 0.145. The number of aromatic amines is 1. The number of rotatable bonds is 11. The Labute approximate surface area is 260 Å². The molecule has 0 aliphatic carbocycles. The fraction of sp³-hybridized carbons (Fsp3) is 0.200. The van der Waals surface area contributed by atoms with Crippen LogP contribution < -0.4 is 10.1 Å². The molecular formula is C35H33ClN4O2S. The highest BCUT2D eigenvalue weighted by molar-refractivity contribution is 7.99. The Morgan fingerprint density at radius 1 is 1.05 bits per heavy atom. The number of benzene rings is 4. The molecule has 6 nitrogen and oxygen atoms in total. The number of nitrogens with zero attached hydrogens (tertiary/aromatic N) is 2. The van der Waals surface area contributed by atoms with Crippen molar-refractivity contribution < 1.29 is 9.53 Å². The van der Waals surface area contributed by atoms with Crippen LogP contribution in [-0.2, 0) is 13.0 Å². The van der Waals surface area contributed by atoms with Gasteiger partial charge in [-0.25, -0.2) is 4.98 Å². The second kappa shape index (κ2) is 13.0. The first-order chi connectivity index (χ1) is 21.0. The standard InChI is InChI=1S/C35H33ClN4O2S/c1-3-17-43-28-15-16-33-31(20-28)38-34(40(33)22-23-7-6-8-26(36)18-23)32(19-25-21-37-30-10-5-4-9-29(25)30)39-35(41)24-11-13-27(42-2)14-12-24/h4-16,18,20-21,32,37H,3,17,19,22H2,1-2H3,(H,39,41). The van der Waals surface area contributed by atoms with E-state index in [4.69, 9.17) is 21.3 Å². The number of para-hydroxylation sites is 1. The summed E-state index contributed by atoms with van der Waals surface area (Å²) in [5, 5.41) is 5.14. The lowest BCUT2D eigenvalue weighted by Crippen LogP contribution is -2.32. The first kappa shape index (κ1) is 28.9. The predicted octanol–water partition coefficient (Wildman–Crippen LogP) is 8.44. The van der Waals surface area contributed by atoms with Gasteiger partial charge < -0.3 is 19.6 Å². The van der Waals surface area contributed by atoms with Gasteiger partial charge in [-0.3, -0.25) is 4.79 Å². The van der Waals surface area contributed by atoms with E-state index in [9.17, 15) is 4.79 Å². The third-order valence-electron chi connectivity index (χ3n) is 7.52. The summed E-state index contributed by atoms with van der Waals surface area (Å²) in [6, 6.07) is 29.3. The van der Waals surface area contributed by atoms with E-state index in [0.29, 0.717) is 29.3 Å². The van der Waals surface area contributed by atoms with Crippen molar-refractivity contribution in [2.45, 2.75) is 37.2 Å². The molecule has 0 saturated heterocycles. The van der Waals surface area contributed by atoms with Gasteiger partial charge in [-0.15, -0.1) is 11.8 Å². The third-order valence-corrected chi connectivity index (χ3v) is 8.95. The van der Waals surface area contributed by atoms with Crippen molar-refractivity contribution in [1.82, 2.24) is 19.9 Å². The van der Waals surface area contributed by atoms with Gasteiger partial charge in [0.05, 0.1) is 24.2 Å². The third kappa shape index (κ3) is 6.43. The minimum Gasteiger partial charge on any atom is -0.497 e. The zero-order valence-electron chi connectivity index (χ0n) is 24.1. The summed E-state index contributed by atoms with van der Waals surface area (Å²) in [6.07, 6.45) is 3.68. The van der Waals surface area contributed by atoms with E-state index in [0.717, 1.165) is 51.1 Å². The maximum Gasteiger partial charge on any atom is 0.251 e. The topological polar surface area (TPSA) is 71.9 Å². The van der Waals surface area contributed by atoms with Gasteiger partial charge in [0, 0.05) is 45.5 Å². The van der Waals surface area contributed by atoms with Gasteiger partial charge in [0.2, 0.25) is 0 Å². The number of H-pyrrole nitrogens is 1. The second-order valence-corrected chi connectivity index (χ2v) is 12.1. The fourth-order valence-electron chi connectivity index (χ4n) is 5.40. The number of carbonyl (C=O) groups excluding carboxylic acids is 1. The molecule has 8 heteroatoms. The molecule has 4 aromatic carbocycles. The lowest BCUT2D eigenvalue weighted by molar-refractivity contribution is 0.0934. The van der Waals surface area contributed by atoms with Crippen LogP contribution in [0.2, 0.25) is 5.02 Å². The predicted molar refractivity (Wildman–Crippen MR) is 177 cm³/mol. The number of amides is 1. The number of halogens is 1. The maximum atomic E-state index is 13.7. The summed E-state index contributed by atoms with van der Waals surface area (Å²) < 4.78 is 7.51. The number of aromatic nitrogens is 3. The molecule has 2 N–H and O–H groups in total. The molecular weight excluding hydrogens is 576 g/mol. The van der Waals surface area contributed by atoms with Crippen molar-refractivity contribution in [3.8, 4) is 5.75 Å². The van der Waals surface area contributed by atoms with E-state index in [-0.39, 0.29) is 5.91 Å². The average Bonchev–Trinajstić information content (AvgIpc) is 3.60. The number of nitrogens with one attached hydrogen (secondary N) is 2. The molecule has 2 heterocycles. The molecule has 0 fully saturated rings. The SMILES string of the molecule is CCCSc1ccc2c(c1)nc(C(Cc1c[nH]c3ccccc13)NC(=O)c1ccc(OC)cc1)n2Cc1cccc(Cl)c1. The van der Waals surface area contributed by atoms with Crippen molar-refractivity contribution in [2.24, 2.45) is 0 Å². The Kier molecular flexibility index (Phi) is 8.72. The smallest absolute Gasteiger partial charge is 0.251 e. The van der Waals surface area contributed by atoms with Gasteiger partial charge in [0.15, 0.2) is 0 Å². The van der Waals surface area contributed by atoms with E-state index in [1.807, 2.05) is 48.3 Å². The molecule has 0 radical (unpaired) electrons. The Morgan fingerprint density at radius 3 is 2.67 bits per heavy atom. The van der Waals surface area contributed by atoms with E-state index < -0.39 is 6.04 Å². The number of hydrogen-bond donors (Lipinski definition) is 2. The number of thioether (sulfide) groups is 1. The molecule has 43 heavy (non-hydrogen) atoms. The first-order valence-corrected chi connectivity index (χ1v) is 15.8.